The molecule has 1 aromatic rings. The predicted octanol–water partition coefficient (Wildman–Crippen LogP) is 2.21. The van der Waals surface area contributed by atoms with Crippen LogP contribution in [-0.2, 0) is 6.42 Å². The van der Waals surface area contributed by atoms with Crippen molar-refractivity contribution < 1.29 is 5.21 Å². The maximum atomic E-state index is 8.55. The van der Waals surface area contributed by atoms with Crippen molar-refractivity contribution in [3.05, 3.63) is 35.9 Å². The zero-order chi connectivity index (χ0) is 8.10. The first-order valence-corrected chi connectivity index (χ1v) is 3.76. The Bertz CT molecular complexity index is 203. The fraction of sp³-hybridized carbons (Fsp3) is 0.333. The van der Waals surface area contributed by atoms with Gasteiger partial charge in [-0.05, 0) is 18.9 Å². The molecule has 0 aromatic heterocycles. The number of nitrogens with one attached hydrogen (secondary N) is 1. The van der Waals surface area contributed by atoms with E-state index in [4.69, 9.17) is 5.21 Å². The molecule has 68 valence electrons. The van der Waals surface area contributed by atoms with Gasteiger partial charge in [-0.2, -0.15) is 0 Å². The minimum atomic E-state index is 0. The molecule has 0 amide bonds. The molecule has 0 bridgehead atoms. The summed E-state index contributed by atoms with van der Waals surface area (Å²) in [5.74, 6) is 0. The van der Waals surface area contributed by atoms with Crippen LogP contribution in [0.3, 0.4) is 0 Å². The molecule has 0 fully saturated rings. The molecule has 0 aliphatic heterocycles. The van der Waals surface area contributed by atoms with Crippen molar-refractivity contribution in [2.24, 2.45) is 0 Å². The zero-order valence-electron chi connectivity index (χ0n) is 7.03. The average Bonchev–Trinajstić information content (AvgIpc) is 2.06. The molecule has 3 heteroatoms. The summed E-state index contributed by atoms with van der Waals surface area (Å²) in [7, 11) is 0. The first-order valence-electron chi connectivity index (χ1n) is 3.76. The van der Waals surface area contributed by atoms with Crippen LogP contribution in [0.15, 0.2) is 30.3 Å². The van der Waals surface area contributed by atoms with Crippen molar-refractivity contribution in [3.63, 3.8) is 0 Å². The summed E-state index contributed by atoms with van der Waals surface area (Å²) in [6.07, 6.45) is 0.858. The third-order valence-electron chi connectivity index (χ3n) is 1.61. The topological polar surface area (TPSA) is 32.3 Å². The molecule has 2 N–H and O–H groups in total. The molecule has 0 saturated carbocycles. The molecular formula is C9H14INO. The SMILES string of the molecule is CC(Cc1ccccc1)NO.I. The fourth-order valence-electron chi connectivity index (χ4n) is 1.01. The summed E-state index contributed by atoms with van der Waals surface area (Å²) in [5, 5.41) is 8.55. The second-order valence-electron chi connectivity index (χ2n) is 2.72. The lowest BCUT2D eigenvalue weighted by Gasteiger charge is -2.07. The van der Waals surface area contributed by atoms with Gasteiger partial charge in [0.25, 0.3) is 0 Å². The van der Waals surface area contributed by atoms with E-state index in [9.17, 15) is 0 Å². The van der Waals surface area contributed by atoms with Crippen molar-refractivity contribution in [2.45, 2.75) is 19.4 Å². The second-order valence-corrected chi connectivity index (χ2v) is 2.72. The Hall–Kier alpha value is -0.130. The molecule has 12 heavy (non-hydrogen) atoms. The third-order valence-corrected chi connectivity index (χ3v) is 1.61. The molecule has 1 atom stereocenters. The van der Waals surface area contributed by atoms with Gasteiger partial charge in [0.2, 0.25) is 0 Å². The van der Waals surface area contributed by atoms with Gasteiger partial charge in [-0.1, -0.05) is 30.3 Å². The summed E-state index contributed by atoms with van der Waals surface area (Å²) in [5.41, 5.74) is 3.45. The first-order chi connectivity index (χ1) is 5.33. The van der Waals surface area contributed by atoms with Crippen LogP contribution in [0.5, 0.6) is 0 Å². The highest BCUT2D eigenvalue weighted by Crippen LogP contribution is 2.01. The van der Waals surface area contributed by atoms with Crippen LogP contribution >= 0.6 is 24.0 Å². The van der Waals surface area contributed by atoms with Gasteiger partial charge in [0.15, 0.2) is 0 Å². The number of hydrogen-bond donors (Lipinski definition) is 2. The molecule has 0 heterocycles. The van der Waals surface area contributed by atoms with E-state index in [2.05, 4.69) is 5.48 Å². The van der Waals surface area contributed by atoms with E-state index in [-0.39, 0.29) is 30.0 Å². The fourth-order valence-corrected chi connectivity index (χ4v) is 1.01. The Labute approximate surface area is 90.0 Å². The van der Waals surface area contributed by atoms with Gasteiger partial charge in [-0.25, -0.2) is 5.48 Å². The van der Waals surface area contributed by atoms with Crippen LogP contribution in [-0.4, -0.2) is 11.2 Å². The maximum absolute atomic E-state index is 8.55. The van der Waals surface area contributed by atoms with Crippen LogP contribution in [0.4, 0.5) is 0 Å². The highest BCUT2D eigenvalue weighted by molar-refractivity contribution is 14.0. The largest absolute Gasteiger partial charge is 0.317 e. The second kappa shape index (κ2) is 6.39. The highest BCUT2D eigenvalue weighted by Gasteiger charge is 1.99. The Kier molecular flexibility index (Phi) is 6.32. The lowest BCUT2D eigenvalue weighted by atomic mass is 10.1. The molecule has 1 rings (SSSR count). The van der Waals surface area contributed by atoms with E-state index in [0.29, 0.717) is 0 Å². The Balaban J connectivity index is 0.00000121. The normalized spacial score (nSPS) is 11.8. The van der Waals surface area contributed by atoms with Gasteiger partial charge in [0.1, 0.15) is 0 Å². The van der Waals surface area contributed by atoms with Crippen LogP contribution < -0.4 is 5.48 Å². The van der Waals surface area contributed by atoms with Gasteiger partial charge in [0.05, 0.1) is 0 Å². The molecule has 1 aromatic carbocycles. The van der Waals surface area contributed by atoms with E-state index in [1.807, 2.05) is 37.3 Å². The lowest BCUT2D eigenvalue weighted by molar-refractivity contribution is 0.133. The molecule has 0 aliphatic rings. The lowest BCUT2D eigenvalue weighted by Crippen LogP contribution is -2.24. The monoisotopic (exact) mass is 279 g/mol. The zero-order valence-corrected chi connectivity index (χ0v) is 9.36. The predicted molar refractivity (Wildman–Crippen MR) is 59.9 cm³/mol. The minimum Gasteiger partial charge on any atom is -0.317 e. The molecule has 0 aliphatic carbocycles. The molecule has 2 nitrogen and oxygen atoms in total. The summed E-state index contributed by atoms with van der Waals surface area (Å²) in [6, 6.07) is 10.2. The molecule has 0 radical (unpaired) electrons. The maximum Gasteiger partial charge on any atom is 0.0331 e. The van der Waals surface area contributed by atoms with Crippen molar-refractivity contribution in [1.29, 1.82) is 0 Å². The number of benzene rings is 1. The van der Waals surface area contributed by atoms with Crippen LogP contribution in [0.1, 0.15) is 12.5 Å². The highest BCUT2D eigenvalue weighted by atomic mass is 127. The van der Waals surface area contributed by atoms with E-state index in [1.54, 1.807) is 0 Å². The van der Waals surface area contributed by atoms with Crippen molar-refractivity contribution in [1.82, 2.24) is 5.48 Å². The van der Waals surface area contributed by atoms with Crippen LogP contribution in [0.2, 0.25) is 0 Å². The van der Waals surface area contributed by atoms with Gasteiger partial charge in [-0.3, -0.25) is 0 Å². The number of hydrogen-bond acceptors (Lipinski definition) is 2. The van der Waals surface area contributed by atoms with Crippen molar-refractivity contribution >= 4 is 24.0 Å². The van der Waals surface area contributed by atoms with E-state index in [1.165, 1.54) is 5.56 Å². The van der Waals surface area contributed by atoms with E-state index < -0.39 is 0 Å². The number of halogens is 1. The van der Waals surface area contributed by atoms with E-state index >= 15 is 0 Å². The minimum absolute atomic E-state index is 0. The average molecular weight is 279 g/mol. The Morgan fingerprint density at radius 1 is 1.33 bits per heavy atom. The smallest absolute Gasteiger partial charge is 0.0331 e. The van der Waals surface area contributed by atoms with Gasteiger partial charge in [-0.15, -0.1) is 24.0 Å². The quantitative estimate of drug-likeness (QED) is 0.657. The molecular weight excluding hydrogens is 265 g/mol. The van der Waals surface area contributed by atoms with Crippen molar-refractivity contribution in [3.8, 4) is 0 Å². The standard InChI is InChI=1S/C9H13NO.HI/c1-8(10-11)7-9-5-3-2-4-6-9;/h2-6,8,10-11H,7H2,1H3;1H. The Morgan fingerprint density at radius 2 is 1.92 bits per heavy atom. The van der Waals surface area contributed by atoms with Crippen LogP contribution in [0, 0.1) is 0 Å². The number of rotatable bonds is 3. The molecule has 0 saturated heterocycles. The first kappa shape index (κ1) is 11.9. The van der Waals surface area contributed by atoms with E-state index in [0.717, 1.165) is 6.42 Å². The summed E-state index contributed by atoms with van der Waals surface area (Å²) in [4.78, 5) is 0. The molecule has 1 unspecified atom stereocenters. The Morgan fingerprint density at radius 3 is 2.42 bits per heavy atom. The van der Waals surface area contributed by atoms with Crippen LogP contribution in [0.25, 0.3) is 0 Å². The van der Waals surface area contributed by atoms with Gasteiger partial charge < -0.3 is 5.21 Å². The summed E-state index contributed by atoms with van der Waals surface area (Å²) in [6.45, 7) is 1.94. The number of hydroxylamine groups is 1. The van der Waals surface area contributed by atoms with Gasteiger partial charge >= 0.3 is 0 Å². The summed E-state index contributed by atoms with van der Waals surface area (Å²) < 4.78 is 0. The van der Waals surface area contributed by atoms with Crippen molar-refractivity contribution in [2.75, 3.05) is 0 Å². The van der Waals surface area contributed by atoms with Gasteiger partial charge in [0, 0.05) is 6.04 Å². The third kappa shape index (κ3) is 4.04. The molecule has 0 spiro atoms. The summed E-state index contributed by atoms with van der Waals surface area (Å²) >= 11 is 0.